The van der Waals surface area contributed by atoms with Gasteiger partial charge in [-0.25, -0.2) is 4.79 Å². The molecule has 0 aliphatic rings. The molecule has 1 atom stereocenters. The van der Waals surface area contributed by atoms with E-state index >= 15 is 0 Å². The molecule has 20 heavy (non-hydrogen) atoms. The molecule has 0 saturated carbocycles. The van der Waals surface area contributed by atoms with E-state index in [0.717, 1.165) is 12.3 Å². The molecule has 4 nitrogen and oxygen atoms in total. The van der Waals surface area contributed by atoms with Gasteiger partial charge in [-0.3, -0.25) is 4.99 Å². The van der Waals surface area contributed by atoms with Gasteiger partial charge < -0.3 is 10.8 Å². The van der Waals surface area contributed by atoms with Gasteiger partial charge in [0.15, 0.2) is 0 Å². The van der Waals surface area contributed by atoms with Crippen molar-refractivity contribution in [3.8, 4) is 0 Å². The molecule has 1 rings (SSSR count). The number of aliphatic imine (C=N–C) groups is 1. The third kappa shape index (κ3) is 4.65. The lowest BCUT2D eigenvalue weighted by atomic mass is 10.1. The lowest BCUT2D eigenvalue weighted by Gasteiger charge is -2.10. The molecule has 0 radical (unpaired) electrons. The monoisotopic (exact) mass is 288 g/mol. The molecule has 0 heterocycles. The molecule has 0 bridgehead atoms. The first-order valence-corrected chi connectivity index (χ1v) is 5.98. The highest BCUT2D eigenvalue weighted by Crippen LogP contribution is 2.31. The Morgan fingerprint density at radius 1 is 1.40 bits per heavy atom. The van der Waals surface area contributed by atoms with E-state index < -0.39 is 23.8 Å². The number of hydrogen-bond acceptors (Lipinski definition) is 3. The Bertz CT molecular complexity index is 487. The van der Waals surface area contributed by atoms with Gasteiger partial charge in [-0.1, -0.05) is 18.2 Å². The molecular weight excluding hydrogens is 273 g/mol. The minimum absolute atomic E-state index is 0.154. The van der Waals surface area contributed by atoms with Crippen LogP contribution < -0.4 is 5.73 Å². The molecule has 1 aromatic carbocycles. The summed E-state index contributed by atoms with van der Waals surface area (Å²) in [5, 5.41) is 8.93. The Hall–Kier alpha value is -1.89. The van der Waals surface area contributed by atoms with Crippen molar-refractivity contribution in [3.63, 3.8) is 0 Å². The Morgan fingerprint density at radius 3 is 2.60 bits per heavy atom. The maximum atomic E-state index is 12.7. The van der Waals surface area contributed by atoms with Crippen molar-refractivity contribution < 1.29 is 23.1 Å². The summed E-state index contributed by atoms with van der Waals surface area (Å²) in [6.07, 6.45) is -2.91. The first-order chi connectivity index (χ1) is 9.36. The largest absolute Gasteiger partial charge is 0.480 e. The molecule has 0 aliphatic heterocycles. The number of alkyl halides is 3. The standard InChI is InChI=1S/C13H15F3N2O2/c14-13(15,16)10-5-2-1-4-9(10)8-18-11(12(19)20)6-3-7-17/h1-2,4-5,8,11H,3,6-7,17H2,(H,19,20)/t11-/m0/s1. The topological polar surface area (TPSA) is 75.7 Å². The van der Waals surface area contributed by atoms with Crippen LogP contribution in [0.5, 0.6) is 0 Å². The Balaban J connectivity index is 2.96. The number of carbonyl (C=O) groups is 1. The lowest BCUT2D eigenvalue weighted by molar-refractivity contribution is -0.138. The van der Waals surface area contributed by atoms with Crippen molar-refractivity contribution in [2.45, 2.75) is 25.1 Å². The fraction of sp³-hybridized carbons (Fsp3) is 0.385. The average Bonchev–Trinajstić information content (AvgIpc) is 2.37. The second kappa shape index (κ2) is 7.04. The van der Waals surface area contributed by atoms with Gasteiger partial charge in [-0.2, -0.15) is 13.2 Å². The number of benzene rings is 1. The fourth-order valence-electron chi connectivity index (χ4n) is 1.61. The van der Waals surface area contributed by atoms with Gasteiger partial charge in [0.05, 0.1) is 5.56 Å². The van der Waals surface area contributed by atoms with E-state index in [1.807, 2.05) is 0 Å². The van der Waals surface area contributed by atoms with Crippen LogP contribution in [-0.2, 0) is 11.0 Å². The highest BCUT2D eigenvalue weighted by atomic mass is 19.4. The summed E-state index contributed by atoms with van der Waals surface area (Å²) < 4.78 is 38.2. The van der Waals surface area contributed by atoms with Crippen LogP contribution in [-0.4, -0.2) is 29.9 Å². The summed E-state index contributed by atoms with van der Waals surface area (Å²) in [5.41, 5.74) is 4.28. The quantitative estimate of drug-likeness (QED) is 0.789. The van der Waals surface area contributed by atoms with Crippen LogP contribution in [0.1, 0.15) is 24.0 Å². The van der Waals surface area contributed by atoms with E-state index in [-0.39, 0.29) is 12.0 Å². The molecule has 0 saturated heterocycles. The van der Waals surface area contributed by atoms with Crippen LogP contribution in [0.15, 0.2) is 29.3 Å². The second-order valence-corrected chi connectivity index (χ2v) is 4.15. The van der Waals surface area contributed by atoms with Gasteiger partial charge in [0.2, 0.25) is 0 Å². The summed E-state index contributed by atoms with van der Waals surface area (Å²) in [6.45, 7) is 0.304. The summed E-state index contributed by atoms with van der Waals surface area (Å²) in [7, 11) is 0. The van der Waals surface area contributed by atoms with Crippen molar-refractivity contribution in [3.05, 3.63) is 35.4 Å². The summed E-state index contributed by atoms with van der Waals surface area (Å²) >= 11 is 0. The number of carboxylic acids is 1. The van der Waals surface area contributed by atoms with Crippen LogP contribution in [0.2, 0.25) is 0 Å². The fourth-order valence-corrected chi connectivity index (χ4v) is 1.61. The van der Waals surface area contributed by atoms with E-state index in [0.29, 0.717) is 13.0 Å². The zero-order valence-electron chi connectivity index (χ0n) is 10.6. The normalized spacial score (nSPS) is 13.6. The minimum atomic E-state index is -4.50. The first kappa shape index (κ1) is 16.2. The predicted octanol–water partition coefficient (Wildman–Crippen LogP) is 2.32. The van der Waals surface area contributed by atoms with E-state index in [4.69, 9.17) is 10.8 Å². The molecule has 0 unspecified atom stereocenters. The van der Waals surface area contributed by atoms with Gasteiger partial charge in [0.1, 0.15) is 6.04 Å². The number of hydrogen-bond donors (Lipinski definition) is 2. The third-order valence-electron chi connectivity index (χ3n) is 2.63. The van der Waals surface area contributed by atoms with Crippen LogP contribution in [0.4, 0.5) is 13.2 Å². The van der Waals surface area contributed by atoms with Gasteiger partial charge in [-0.15, -0.1) is 0 Å². The number of carboxylic acid groups (broad SMARTS) is 1. The lowest BCUT2D eigenvalue weighted by Crippen LogP contribution is -2.19. The molecule has 0 aromatic heterocycles. The number of halogens is 3. The van der Waals surface area contributed by atoms with Gasteiger partial charge in [0.25, 0.3) is 0 Å². The number of nitrogens with zero attached hydrogens (tertiary/aromatic N) is 1. The predicted molar refractivity (Wildman–Crippen MR) is 68.8 cm³/mol. The molecule has 110 valence electrons. The van der Waals surface area contributed by atoms with Crippen LogP contribution in [0, 0.1) is 0 Å². The minimum Gasteiger partial charge on any atom is -0.480 e. The van der Waals surface area contributed by atoms with E-state index in [1.165, 1.54) is 18.2 Å². The molecule has 3 N–H and O–H groups in total. The summed E-state index contributed by atoms with van der Waals surface area (Å²) in [5.74, 6) is -1.18. The average molecular weight is 288 g/mol. The molecular formula is C13H15F3N2O2. The van der Waals surface area contributed by atoms with Crippen molar-refractivity contribution in [1.29, 1.82) is 0 Å². The van der Waals surface area contributed by atoms with Crippen molar-refractivity contribution in [2.75, 3.05) is 6.54 Å². The summed E-state index contributed by atoms with van der Waals surface area (Å²) in [6, 6.07) is 3.79. The van der Waals surface area contributed by atoms with Crippen molar-refractivity contribution in [1.82, 2.24) is 0 Å². The van der Waals surface area contributed by atoms with Crippen LogP contribution in [0.25, 0.3) is 0 Å². The molecule has 1 aromatic rings. The Kier molecular flexibility index (Phi) is 5.69. The zero-order valence-corrected chi connectivity index (χ0v) is 10.6. The van der Waals surface area contributed by atoms with E-state index in [9.17, 15) is 18.0 Å². The Morgan fingerprint density at radius 2 is 2.05 bits per heavy atom. The van der Waals surface area contributed by atoms with Gasteiger partial charge in [0, 0.05) is 11.8 Å². The van der Waals surface area contributed by atoms with Gasteiger partial charge >= 0.3 is 12.1 Å². The SMILES string of the molecule is NCCC[C@H](N=Cc1ccccc1C(F)(F)F)C(=O)O. The summed E-state index contributed by atoms with van der Waals surface area (Å²) in [4.78, 5) is 14.7. The molecule has 0 aliphatic carbocycles. The maximum Gasteiger partial charge on any atom is 0.417 e. The smallest absolute Gasteiger partial charge is 0.417 e. The van der Waals surface area contributed by atoms with E-state index in [1.54, 1.807) is 0 Å². The van der Waals surface area contributed by atoms with E-state index in [2.05, 4.69) is 4.99 Å². The first-order valence-electron chi connectivity index (χ1n) is 5.98. The number of rotatable bonds is 6. The van der Waals surface area contributed by atoms with Crippen LogP contribution in [0.3, 0.4) is 0 Å². The molecule has 0 fully saturated rings. The van der Waals surface area contributed by atoms with Crippen LogP contribution >= 0.6 is 0 Å². The number of aliphatic carboxylic acids is 1. The highest BCUT2D eigenvalue weighted by Gasteiger charge is 2.32. The maximum absolute atomic E-state index is 12.7. The second-order valence-electron chi connectivity index (χ2n) is 4.15. The van der Waals surface area contributed by atoms with Gasteiger partial charge in [-0.05, 0) is 25.5 Å². The zero-order chi connectivity index (χ0) is 15.2. The number of nitrogens with two attached hydrogens (primary N) is 1. The van der Waals surface area contributed by atoms with Crippen molar-refractivity contribution >= 4 is 12.2 Å². The Labute approximate surface area is 114 Å². The highest BCUT2D eigenvalue weighted by molar-refractivity contribution is 5.85. The molecule has 7 heteroatoms. The molecule has 0 amide bonds. The molecule has 0 spiro atoms. The third-order valence-corrected chi connectivity index (χ3v) is 2.63. The van der Waals surface area contributed by atoms with Crippen molar-refractivity contribution in [2.24, 2.45) is 10.7 Å².